The first-order chi connectivity index (χ1) is 9.24. The van der Waals surface area contributed by atoms with Crippen LogP contribution in [0.25, 0.3) is 11.5 Å². The van der Waals surface area contributed by atoms with Crippen molar-refractivity contribution < 1.29 is 4.52 Å². The fraction of sp³-hybridized carbons (Fsp3) is 0.167. The Balaban J connectivity index is 1.86. The van der Waals surface area contributed by atoms with E-state index < -0.39 is 0 Å². The van der Waals surface area contributed by atoms with Crippen molar-refractivity contribution in [1.82, 2.24) is 24.9 Å². The van der Waals surface area contributed by atoms with Gasteiger partial charge in [-0.3, -0.25) is 9.67 Å². The molecular weight excluding hydrogens is 244 g/mol. The van der Waals surface area contributed by atoms with Crippen LogP contribution in [0.2, 0.25) is 0 Å². The average Bonchev–Trinajstić information content (AvgIpc) is 3.00. The largest absolute Gasteiger partial charge is 0.383 e. The highest BCUT2D eigenvalue weighted by atomic mass is 16.5. The topological polar surface area (TPSA) is 95.6 Å². The second-order valence-electron chi connectivity index (χ2n) is 4.12. The summed E-state index contributed by atoms with van der Waals surface area (Å²) in [5.41, 5.74) is 7.58. The van der Waals surface area contributed by atoms with Crippen molar-refractivity contribution in [2.45, 2.75) is 6.42 Å². The second-order valence-corrected chi connectivity index (χ2v) is 4.12. The maximum Gasteiger partial charge on any atom is 0.263 e. The van der Waals surface area contributed by atoms with Gasteiger partial charge in [-0.1, -0.05) is 5.16 Å². The van der Waals surface area contributed by atoms with Gasteiger partial charge in [-0.25, -0.2) is 0 Å². The summed E-state index contributed by atoms with van der Waals surface area (Å²) >= 11 is 0. The molecular formula is C12H12N6O. The van der Waals surface area contributed by atoms with Crippen LogP contribution in [0, 0.1) is 0 Å². The minimum atomic E-state index is 0.384. The van der Waals surface area contributed by atoms with Crippen LogP contribution in [-0.4, -0.2) is 24.9 Å². The Bertz CT molecular complexity index is 687. The van der Waals surface area contributed by atoms with Gasteiger partial charge in [-0.05, 0) is 17.7 Å². The lowest BCUT2D eigenvalue weighted by atomic mass is 10.2. The van der Waals surface area contributed by atoms with Gasteiger partial charge in [0.05, 0.1) is 6.20 Å². The summed E-state index contributed by atoms with van der Waals surface area (Å²) in [5, 5.41) is 7.98. The van der Waals surface area contributed by atoms with Crippen molar-refractivity contribution in [1.29, 1.82) is 0 Å². The van der Waals surface area contributed by atoms with Gasteiger partial charge in [-0.15, -0.1) is 0 Å². The molecule has 0 spiro atoms. The molecule has 3 rings (SSSR count). The summed E-state index contributed by atoms with van der Waals surface area (Å²) in [6, 6.07) is 3.82. The van der Waals surface area contributed by atoms with Gasteiger partial charge in [0.2, 0.25) is 0 Å². The van der Waals surface area contributed by atoms with Crippen molar-refractivity contribution in [3.05, 3.63) is 42.1 Å². The molecule has 0 aliphatic heterocycles. The van der Waals surface area contributed by atoms with E-state index >= 15 is 0 Å². The Morgan fingerprint density at radius 2 is 2.11 bits per heavy atom. The zero-order valence-corrected chi connectivity index (χ0v) is 10.3. The quantitative estimate of drug-likeness (QED) is 0.752. The highest BCUT2D eigenvalue weighted by Crippen LogP contribution is 2.23. The van der Waals surface area contributed by atoms with Crippen molar-refractivity contribution in [2.24, 2.45) is 7.05 Å². The first-order valence-corrected chi connectivity index (χ1v) is 5.73. The van der Waals surface area contributed by atoms with E-state index in [1.807, 2.05) is 12.1 Å². The number of nitrogens with two attached hydrogens (primary N) is 1. The highest BCUT2D eigenvalue weighted by molar-refractivity contribution is 5.66. The Labute approximate surface area is 109 Å². The predicted octanol–water partition coefficient (Wildman–Crippen LogP) is 1.04. The Hall–Kier alpha value is -2.70. The van der Waals surface area contributed by atoms with Crippen molar-refractivity contribution in [3.63, 3.8) is 0 Å². The number of nitrogens with zero attached hydrogens (tertiary/aromatic N) is 5. The lowest BCUT2D eigenvalue weighted by molar-refractivity contribution is 0.424. The third-order valence-electron chi connectivity index (χ3n) is 2.79. The van der Waals surface area contributed by atoms with Crippen LogP contribution in [0.15, 0.2) is 35.2 Å². The van der Waals surface area contributed by atoms with E-state index in [1.165, 1.54) is 0 Å². The molecule has 3 aromatic heterocycles. The van der Waals surface area contributed by atoms with E-state index in [0.29, 0.717) is 29.5 Å². The smallest absolute Gasteiger partial charge is 0.263 e. The summed E-state index contributed by atoms with van der Waals surface area (Å²) < 4.78 is 6.76. The van der Waals surface area contributed by atoms with Gasteiger partial charge in [0.1, 0.15) is 11.4 Å². The molecule has 0 unspecified atom stereocenters. The van der Waals surface area contributed by atoms with Gasteiger partial charge < -0.3 is 10.3 Å². The summed E-state index contributed by atoms with van der Waals surface area (Å²) in [5.74, 6) is 1.48. The summed E-state index contributed by atoms with van der Waals surface area (Å²) in [7, 11) is 1.76. The molecule has 3 aromatic rings. The predicted molar refractivity (Wildman–Crippen MR) is 68.0 cm³/mol. The molecule has 2 N–H and O–H groups in total. The van der Waals surface area contributed by atoms with Crippen LogP contribution in [0.4, 0.5) is 5.82 Å². The first-order valence-electron chi connectivity index (χ1n) is 5.73. The van der Waals surface area contributed by atoms with Crippen LogP contribution >= 0.6 is 0 Å². The molecule has 0 saturated carbocycles. The van der Waals surface area contributed by atoms with Crippen LogP contribution in [0.3, 0.4) is 0 Å². The number of anilines is 1. The molecule has 0 amide bonds. The summed E-state index contributed by atoms with van der Waals surface area (Å²) in [6.45, 7) is 0. The molecule has 0 saturated heterocycles. The Morgan fingerprint density at radius 3 is 2.79 bits per heavy atom. The number of pyridine rings is 1. The van der Waals surface area contributed by atoms with Gasteiger partial charge in [0.15, 0.2) is 5.82 Å². The van der Waals surface area contributed by atoms with Gasteiger partial charge in [0.25, 0.3) is 5.89 Å². The molecule has 0 aliphatic carbocycles. The number of hydrogen-bond acceptors (Lipinski definition) is 6. The normalized spacial score (nSPS) is 10.8. The molecule has 96 valence electrons. The Morgan fingerprint density at radius 1 is 1.32 bits per heavy atom. The minimum Gasteiger partial charge on any atom is -0.383 e. The standard InChI is InChI=1S/C12H12N6O/c1-18-11(13)9(7-15-18)12-16-10(17-19-12)6-8-2-4-14-5-3-8/h2-5,7H,6,13H2,1H3. The van der Waals surface area contributed by atoms with E-state index in [4.69, 9.17) is 10.3 Å². The SMILES string of the molecule is Cn1ncc(-c2nc(Cc3ccncc3)no2)c1N. The lowest BCUT2D eigenvalue weighted by Gasteiger charge is -1.94. The molecule has 3 heterocycles. The second kappa shape index (κ2) is 4.52. The Kier molecular flexibility index (Phi) is 2.71. The fourth-order valence-electron chi connectivity index (χ4n) is 1.73. The number of aryl methyl sites for hydroxylation is 1. The molecule has 7 heteroatoms. The van der Waals surface area contributed by atoms with E-state index in [-0.39, 0.29) is 0 Å². The number of aromatic nitrogens is 5. The van der Waals surface area contributed by atoms with Crippen LogP contribution in [0.5, 0.6) is 0 Å². The van der Waals surface area contributed by atoms with E-state index in [1.54, 1.807) is 30.3 Å². The zero-order chi connectivity index (χ0) is 13.2. The zero-order valence-electron chi connectivity index (χ0n) is 10.3. The van der Waals surface area contributed by atoms with Gasteiger partial charge in [-0.2, -0.15) is 10.1 Å². The molecule has 7 nitrogen and oxygen atoms in total. The van der Waals surface area contributed by atoms with E-state index in [2.05, 4.69) is 20.2 Å². The van der Waals surface area contributed by atoms with Gasteiger partial charge >= 0.3 is 0 Å². The molecule has 0 aliphatic rings. The lowest BCUT2D eigenvalue weighted by Crippen LogP contribution is -1.98. The van der Waals surface area contributed by atoms with Crippen molar-refractivity contribution in [3.8, 4) is 11.5 Å². The number of nitrogen functional groups attached to an aromatic ring is 1. The molecule has 0 aromatic carbocycles. The maximum atomic E-state index is 5.86. The number of rotatable bonds is 3. The minimum absolute atomic E-state index is 0.384. The fourth-order valence-corrected chi connectivity index (χ4v) is 1.73. The van der Waals surface area contributed by atoms with Crippen molar-refractivity contribution >= 4 is 5.82 Å². The van der Waals surface area contributed by atoms with Crippen LogP contribution in [-0.2, 0) is 13.5 Å². The van der Waals surface area contributed by atoms with Crippen LogP contribution < -0.4 is 5.73 Å². The molecule has 0 atom stereocenters. The molecule has 0 radical (unpaired) electrons. The average molecular weight is 256 g/mol. The molecule has 0 bridgehead atoms. The third-order valence-corrected chi connectivity index (χ3v) is 2.79. The van der Waals surface area contributed by atoms with Crippen molar-refractivity contribution in [2.75, 3.05) is 5.73 Å². The monoisotopic (exact) mass is 256 g/mol. The van der Waals surface area contributed by atoms with E-state index in [9.17, 15) is 0 Å². The maximum absolute atomic E-state index is 5.86. The molecule has 19 heavy (non-hydrogen) atoms. The third kappa shape index (κ3) is 2.17. The highest BCUT2D eigenvalue weighted by Gasteiger charge is 2.15. The summed E-state index contributed by atoms with van der Waals surface area (Å²) in [4.78, 5) is 8.28. The van der Waals surface area contributed by atoms with E-state index in [0.717, 1.165) is 5.56 Å². The van der Waals surface area contributed by atoms with Crippen LogP contribution in [0.1, 0.15) is 11.4 Å². The number of hydrogen-bond donors (Lipinski definition) is 1. The molecule has 0 fully saturated rings. The first kappa shape index (κ1) is 11.4. The summed E-state index contributed by atoms with van der Waals surface area (Å²) in [6.07, 6.45) is 5.66. The van der Waals surface area contributed by atoms with Gasteiger partial charge in [0, 0.05) is 25.9 Å².